The minimum absolute atomic E-state index is 0.000602. The second kappa shape index (κ2) is 4.86. The Bertz CT molecular complexity index is 219. The fraction of sp³-hybridized carbons (Fsp3) is 0.800. The number of piperidine rings is 1. The van der Waals surface area contributed by atoms with Gasteiger partial charge in [-0.2, -0.15) is 5.26 Å². The lowest BCUT2D eigenvalue weighted by atomic mass is 9.95. The molecule has 1 atom stereocenters. The normalized spacial score (nSPS) is 22.5. The van der Waals surface area contributed by atoms with Gasteiger partial charge in [-0.3, -0.25) is 4.79 Å². The van der Waals surface area contributed by atoms with E-state index in [0.717, 1.165) is 25.9 Å². The third-order valence-corrected chi connectivity index (χ3v) is 2.68. The van der Waals surface area contributed by atoms with E-state index in [-0.39, 0.29) is 12.3 Å². The number of hydrogen-bond acceptors (Lipinski definition) is 2. The predicted molar refractivity (Wildman–Crippen MR) is 49.8 cm³/mol. The number of amides is 1. The zero-order chi connectivity index (χ0) is 9.68. The van der Waals surface area contributed by atoms with E-state index in [0.29, 0.717) is 5.92 Å². The molecule has 0 aromatic rings. The molecule has 1 aliphatic rings. The summed E-state index contributed by atoms with van der Waals surface area (Å²) in [7, 11) is 0. The number of nitrogens with zero attached hydrogens (tertiary/aromatic N) is 2. The van der Waals surface area contributed by atoms with Crippen molar-refractivity contribution < 1.29 is 4.79 Å². The largest absolute Gasteiger partial charge is 0.342 e. The first-order chi connectivity index (χ1) is 6.27. The molecule has 1 unspecified atom stereocenters. The summed E-state index contributed by atoms with van der Waals surface area (Å²) in [4.78, 5) is 13.2. The molecule has 0 saturated carbocycles. The van der Waals surface area contributed by atoms with Crippen LogP contribution in [0.15, 0.2) is 0 Å². The number of hydrogen-bond donors (Lipinski definition) is 0. The van der Waals surface area contributed by atoms with Crippen molar-refractivity contribution in [3.8, 4) is 6.07 Å². The Hall–Kier alpha value is -1.04. The van der Waals surface area contributed by atoms with Gasteiger partial charge in [0.05, 0.1) is 6.07 Å². The highest BCUT2D eigenvalue weighted by Gasteiger charge is 2.21. The Kier molecular flexibility index (Phi) is 3.75. The lowest BCUT2D eigenvalue weighted by molar-refractivity contribution is -0.131. The third-order valence-electron chi connectivity index (χ3n) is 2.68. The Morgan fingerprint density at radius 2 is 2.46 bits per heavy atom. The fourth-order valence-electron chi connectivity index (χ4n) is 1.80. The molecule has 1 heterocycles. The third kappa shape index (κ3) is 2.73. The van der Waals surface area contributed by atoms with E-state index in [9.17, 15) is 4.79 Å². The van der Waals surface area contributed by atoms with Crippen LogP contribution in [0.3, 0.4) is 0 Å². The van der Waals surface area contributed by atoms with Crippen LogP contribution in [0.2, 0.25) is 0 Å². The lowest BCUT2D eigenvalue weighted by Gasteiger charge is -2.31. The van der Waals surface area contributed by atoms with Crippen LogP contribution in [0, 0.1) is 17.2 Å². The highest BCUT2D eigenvalue weighted by Crippen LogP contribution is 2.19. The molecule has 0 bridgehead atoms. The van der Waals surface area contributed by atoms with Crippen molar-refractivity contribution in [2.75, 3.05) is 13.1 Å². The summed E-state index contributed by atoms with van der Waals surface area (Å²) in [6, 6.07) is 1.91. The molecule has 0 aromatic heterocycles. The first-order valence-corrected chi connectivity index (χ1v) is 4.92. The van der Waals surface area contributed by atoms with Crippen LogP contribution in [0.1, 0.15) is 32.6 Å². The molecule has 1 amide bonds. The molecule has 1 rings (SSSR count). The molecular formula is C10H16N2O. The van der Waals surface area contributed by atoms with Gasteiger partial charge in [-0.25, -0.2) is 0 Å². The van der Waals surface area contributed by atoms with Crippen LogP contribution in [-0.4, -0.2) is 23.9 Å². The number of likely N-dealkylation sites (tertiary alicyclic amines) is 1. The van der Waals surface area contributed by atoms with Gasteiger partial charge in [-0.15, -0.1) is 0 Å². The summed E-state index contributed by atoms with van der Waals surface area (Å²) in [5.41, 5.74) is 0. The van der Waals surface area contributed by atoms with Crippen molar-refractivity contribution in [2.45, 2.75) is 32.6 Å². The molecule has 0 aromatic carbocycles. The molecule has 3 heteroatoms. The zero-order valence-electron chi connectivity index (χ0n) is 8.12. The van der Waals surface area contributed by atoms with E-state index >= 15 is 0 Å². The molecule has 1 saturated heterocycles. The first-order valence-electron chi connectivity index (χ1n) is 4.92. The Labute approximate surface area is 79.3 Å². The van der Waals surface area contributed by atoms with Crippen molar-refractivity contribution in [1.29, 1.82) is 5.26 Å². The molecule has 0 radical (unpaired) electrons. The van der Waals surface area contributed by atoms with Gasteiger partial charge in [0.15, 0.2) is 0 Å². The van der Waals surface area contributed by atoms with Crippen molar-refractivity contribution in [3.05, 3.63) is 0 Å². The van der Waals surface area contributed by atoms with Crippen molar-refractivity contribution in [3.63, 3.8) is 0 Å². The SMILES string of the molecule is CCC1CCCN(C(=O)CC#N)C1. The highest BCUT2D eigenvalue weighted by atomic mass is 16.2. The number of carbonyl (C=O) groups excluding carboxylic acids is 1. The van der Waals surface area contributed by atoms with Gasteiger partial charge >= 0.3 is 0 Å². The van der Waals surface area contributed by atoms with Gasteiger partial charge in [0.1, 0.15) is 6.42 Å². The Morgan fingerprint density at radius 3 is 3.08 bits per heavy atom. The number of carbonyl (C=O) groups is 1. The van der Waals surface area contributed by atoms with Crippen LogP contribution in [-0.2, 0) is 4.79 Å². The quantitative estimate of drug-likeness (QED) is 0.647. The lowest BCUT2D eigenvalue weighted by Crippen LogP contribution is -2.39. The van der Waals surface area contributed by atoms with Gasteiger partial charge in [-0.1, -0.05) is 13.3 Å². The number of rotatable bonds is 2. The second-order valence-corrected chi connectivity index (χ2v) is 3.59. The minimum Gasteiger partial charge on any atom is -0.342 e. The van der Waals surface area contributed by atoms with E-state index in [1.165, 1.54) is 6.42 Å². The molecule has 1 fully saturated rings. The Morgan fingerprint density at radius 1 is 1.69 bits per heavy atom. The smallest absolute Gasteiger partial charge is 0.236 e. The summed E-state index contributed by atoms with van der Waals surface area (Å²) in [6.45, 7) is 3.86. The molecule has 13 heavy (non-hydrogen) atoms. The molecule has 1 aliphatic heterocycles. The molecule has 3 nitrogen and oxygen atoms in total. The van der Waals surface area contributed by atoms with E-state index in [2.05, 4.69) is 6.92 Å². The number of nitriles is 1. The summed E-state index contributed by atoms with van der Waals surface area (Å²) in [6.07, 6.45) is 3.50. The van der Waals surface area contributed by atoms with Crippen LogP contribution >= 0.6 is 0 Å². The van der Waals surface area contributed by atoms with Gasteiger partial charge in [0, 0.05) is 13.1 Å². The minimum atomic E-state index is 0.000602. The van der Waals surface area contributed by atoms with E-state index in [1.54, 1.807) is 0 Å². The summed E-state index contributed by atoms with van der Waals surface area (Å²) >= 11 is 0. The van der Waals surface area contributed by atoms with Crippen LogP contribution in [0.4, 0.5) is 0 Å². The van der Waals surface area contributed by atoms with Crippen LogP contribution in [0.5, 0.6) is 0 Å². The first kappa shape index (κ1) is 10.0. The van der Waals surface area contributed by atoms with E-state index in [4.69, 9.17) is 5.26 Å². The summed E-state index contributed by atoms with van der Waals surface area (Å²) < 4.78 is 0. The second-order valence-electron chi connectivity index (χ2n) is 3.59. The van der Waals surface area contributed by atoms with Crippen molar-refractivity contribution in [2.24, 2.45) is 5.92 Å². The topological polar surface area (TPSA) is 44.1 Å². The molecule has 0 spiro atoms. The standard InChI is InChI=1S/C10H16N2O/c1-2-9-4-3-7-12(8-9)10(13)5-6-11/h9H,2-5,7-8H2,1H3. The highest BCUT2D eigenvalue weighted by molar-refractivity contribution is 5.78. The maximum absolute atomic E-state index is 11.4. The monoisotopic (exact) mass is 180 g/mol. The van der Waals surface area contributed by atoms with Crippen LogP contribution < -0.4 is 0 Å². The average molecular weight is 180 g/mol. The predicted octanol–water partition coefficient (Wildman–Crippen LogP) is 1.55. The summed E-state index contributed by atoms with van der Waals surface area (Å²) in [5.74, 6) is 0.650. The van der Waals surface area contributed by atoms with Crippen molar-refractivity contribution in [1.82, 2.24) is 4.90 Å². The average Bonchev–Trinajstić information content (AvgIpc) is 2.18. The van der Waals surface area contributed by atoms with Gasteiger partial charge in [-0.05, 0) is 18.8 Å². The van der Waals surface area contributed by atoms with Crippen LogP contribution in [0.25, 0.3) is 0 Å². The summed E-state index contributed by atoms with van der Waals surface area (Å²) in [5, 5.41) is 8.39. The fourth-order valence-corrected chi connectivity index (χ4v) is 1.80. The molecule has 0 N–H and O–H groups in total. The Balaban J connectivity index is 2.42. The van der Waals surface area contributed by atoms with Gasteiger partial charge in [0.2, 0.25) is 5.91 Å². The molecule has 72 valence electrons. The van der Waals surface area contributed by atoms with Crippen molar-refractivity contribution >= 4 is 5.91 Å². The maximum Gasteiger partial charge on any atom is 0.236 e. The van der Waals surface area contributed by atoms with E-state index in [1.807, 2.05) is 11.0 Å². The molecular weight excluding hydrogens is 164 g/mol. The van der Waals surface area contributed by atoms with E-state index < -0.39 is 0 Å². The molecule has 0 aliphatic carbocycles. The maximum atomic E-state index is 11.4. The van der Waals surface area contributed by atoms with Gasteiger partial charge in [0.25, 0.3) is 0 Å². The zero-order valence-corrected chi connectivity index (χ0v) is 8.12. The van der Waals surface area contributed by atoms with Gasteiger partial charge < -0.3 is 4.90 Å².